The molecule has 0 aromatic heterocycles. The molecular formula is C8H16BrO3PS. The van der Waals surface area contributed by atoms with E-state index in [1.165, 1.54) is 0 Å². The fourth-order valence-electron chi connectivity index (χ4n) is 0.713. The van der Waals surface area contributed by atoms with Crippen LogP contribution in [0.15, 0.2) is 12.1 Å². The summed E-state index contributed by atoms with van der Waals surface area (Å²) < 4.78 is 15.9. The highest BCUT2D eigenvalue weighted by Crippen LogP contribution is 2.49. The molecule has 0 aliphatic carbocycles. The normalized spacial score (nSPS) is 12.2. The van der Waals surface area contributed by atoms with Gasteiger partial charge >= 0.3 is 0 Å². The minimum absolute atomic E-state index is 0.556. The Kier molecular flexibility index (Phi) is 9.24. The highest BCUT2D eigenvalue weighted by molar-refractivity contribution is 9.09. The van der Waals surface area contributed by atoms with Gasteiger partial charge in [-0.15, -0.1) is 0 Å². The third-order valence-corrected chi connectivity index (χ3v) is 4.20. The average Bonchev–Trinajstić information content (AvgIpc) is 2.13. The average molecular weight is 303 g/mol. The lowest BCUT2D eigenvalue weighted by atomic mass is 10.9. The number of hydrogen-bond donors (Lipinski definition) is 0. The molecule has 0 aliphatic rings. The molecule has 0 atom stereocenters. The Morgan fingerprint density at radius 2 is 1.86 bits per heavy atom. The second-order valence-corrected chi connectivity index (χ2v) is 6.43. The summed E-state index contributed by atoms with van der Waals surface area (Å²) in [7, 11) is 0. The number of hydrogen-bond acceptors (Lipinski definition) is 4. The van der Waals surface area contributed by atoms with Crippen LogP contribution < -0.4 is 0 Å². The zero-order valence-electron chi connectivity index (χ0n) is 8.44. The molecule has 0 aromatic rings. The lowest BCUT2D eigenvalue weighted by Crippen LogP contribution is -1.93. The maximum absolute atomic E-state index is 5.38. The highest BCUT2D eigenvalue weighted by atomic mass is 79.9. The van der Waals surface area contributed by atoms with Gasteiger partial charge in [0.05, 0.1) is 26.1 Å². The van der Waals surface area contributed by atoms with E-state index >= 15 is 0 Å². The molecule has 84 valence electrons. The van der Waals surface area contributed by atoms with Crippen LogP contribution >= 0.6 is 22.4 Å². The van der Waals surface area contributed by atoms with Crippen molar-refractivity contribution in [2.45, 2.75) is 13.8 Å². The molecule has 0 bridgehead atoms. The van der Waals surface area contributed by atoms with Crippen molar-refractivity contribution >= 4 is 34.2 Å². The van der Waals surface area contributed by atoms with Gasteiger partial charge in [-0.05, 0) is 25.7 Å². The second kappa shape index (κ2) is 8.86. The summed E-state index contributed by atoms with van der Waals surface area (Å²) in [5.41, 5.74) is 0. The van der Waals surface area contributed by atoms with Crippen LogP contribution in [-0.2, 0) is 25.6 Å². The van der Waals surface area contributed by atoms with Gasteiger partial charge < -0.3 is 13.8 Å². The van der Waals surface area contributed by atoms with Gasteiger partial charge in [0.25, 0.3) is 0 Å². The summed E-state index contributed by atoms with van der Waals surface area (Å²) in [5, 5.41) is 0.795. The standard InChI is InChI=1S/C8H16BrO3PS/c1-3-11-13(14,12-4-2)8-7-10-6-5-9/h7-8H,3-6H2,1-2H3/b8-7+. The largest absolute Gasteiger partial charge is 0.500 e. The molecule has 0 unspecified atom stereocenters. The molecule has 0 fully saturated rings. The van der Waals surface area contributed by atoms with E-state index in [-0.39, 0.29) is 0 Å². The van der Waals surface area contributed by atoms with Crippen molar-refractivity contribution < 1.29 is 13.8 Å². The third-order valence-electron chi connectivity index (χ3n) is 1.15. The van der Waals surface area contributed by atoms with Gasteiger partial charge in [-0.2, -0.15) is 0 Å². The van der Waals surface area contributed by atoms with Gasteiger partial charge in [-0.1, -0.05) is 15.9 Å². The Labute approximate surface area is 99.1 Å². The summed E-state index contributed by atoms with van der Waals surface area (Å²) in [5.74, 6) is 1.71. The zero-order valence-corrected chi connectivity index (χ0v) is 11.7. The van der Waals surface area contributed by atoms with Crippen molar-refractivity contribution in [2.75, 3.05) is 25.2 Å². The van der Waals surface area contributed by atoms with Gasteiger partial charge in [0.2, 0.25) is 6.49 Å². The molecular weight excluding hydrogens is 287 g/mol. The molecule has 0 N–H and O–H groups in total. The fraction of sp³-hybridized carbons (Fsp3) is 0.750. The number of alkyl halides is 1. The van der Waals surface area contributed by atoms with E-state index in [0.717, 1.165) is 5.33 Å². The summed E-state index contributed by atoms with van der Waals surface area (Å²) in [6.45, 7) is 3.27. The molecule has 3 nitrogen and oxygen atoms in total. The van der Waals surface area contributed by atoms with Crippen LogP contribution in [0, 0.1) is 0 Å². The zero-order chi connectivity index (χ0) is 10.9. The first kappa shape index (κ1) is 14.6. The molecule has 0 aliphatic heterocycles. The van der Waals surface area contributed by atoms with Crippen molar-refractivity contribution in [3.63, 3.8) is 0 Å². The minimum atomic E-state index is -2.25. The number of halogens is 1. The number of ether oxygens (including phenoxy) is 1. The van der Waals surface area contributed by atoms with Crippen LogP contribution in [0.4, 0.5) is 0 Å². The molecule has 0 aromatic carbocycles. The Morgan fingerprint density at radius 3 is 2.29 bits per heavy atom. The number of rotatable bonds is 8. The van der Waals surface area contributed by atoms with E-state index < -0.39 is 6.49 Å². The SMILES string of the molecule is CCOP(=S)(/C=C/OCCBr)OCC. The summed E-state index contributed by atoms with van der Waals surface area (Å²) in [4.78, 5) is 0. The van der Waals surface area contributed by atoms with Crippen molar-refractivity contribution in [1.82, 2.24) is 0 Å². The fourth-order valence-corrected chi connectivity index (χ4v) is 2.88. The minimum Gasteiger partial charge on any atom is -0.500 e. The van der Waals surface area contributed by atoms with Crippen molar-refractivity contribution in [2.24, 2.45) is 0 Å². The molecule has 0 saturated carbocycles. The molecule has 0 amide bonds. The predicted molar refractivity (Wildman–Crippen MR) is 66.4 cm³/mol. The van der Waals surface area contributed by atoms with Crippen LogP contribution in [0.25, 0.3) is 0 Å². The van der Waals surface area contributed by atoms with Gasteiger partial charge in [0.1, 0.15) is 0 Å². The van der Waals surface area contributed by atoms with Gasteiger partial charge in [-0.3, -0.25) is 0 Å². The summed E-state index contributed by atoms with van der Waals surface area (Å²) in [6, 6.07) is 0. The van der Waals surface area contributed by atoms with Crippen molar-refractivity contribution in [3.8, 4) is 0 Å². The van der Waals surface area contributed by atoms with Crippen LogP contribution in [-0.4, -0.2) is 25.2 Å². The lowest BCUT2D eigenvalue weighted by molar-refractivity contribution is 0.263. The first-order chi connectivity index (χ1) is 6.68. The highest BCUT2D eigenvalue weighted by Gasteiger charge is 2.12. The van der Waals surface area contributed by atoms with E-state index in [9.17, 15) is 0 Å². The first-order valence-corrected chi connectivity index (χ1v) is 8.25. The molecule has 14 heavy (non-hydrogen) atoms. The van der Waals surface area contributed by atoms with E-state index in [2.05, 4.69) is 15.9 Å². The Morgan fingerprint density at radius 1 is 1.29 bits per heavy atom. The molecule has 0 rings (SSSR count). The molecule has 0 radical (unpaired) electrons. The maximum Gasteiger partial charge on any atom is 0.215 e. The third kappa shape index (κ3) is 6.96. The van der Waals surface area contributed by atoms with E-state index in [1.54, 1.807) is 12.1 Å². The van der Waals surface area contributed by atoms with E-state index in [1.807, 2.05) is 13.8 Å². The Hall–Kier alpha value is 0.590. The monoisotopic (exact) mass is 302 g/mol. The maximum atomic E-state index is 5.38. The summed E-state index contributed by atoms with van der Waals surface area (Å²) in [6.07, 6.45) is 1.56. The van der Waals surface area contributed by atoms with Gasteiger partial charge in [-0.25, -0.2) is 0 Å². The Balaban J connectivity index is 4.07. The van der Waals surface area contributed by atoms with Crippen LogP contribution in [0.3, 0.4) is 0 Å². The van der Waals surface area contributed by atoms with E-state index in [0.29, 0.717) is 19.8 Å². The lowest BCUT2D eigenvalue weighted by Gasteiger charge is -2.16. The summed E-state index contributed by atoms with van der Waals surface area (Å²) >= 11 is 8.49. The van der Waals surface area contributed by atoms with E-state index in [4.69, 9.17) is 25.6 Å². The van der Waals surface area contributed by atoms with Crippen LogP contribution in [0.1, 0.15) is 13.8 Å². The Bertz CT molecular complexity index is 201. The molecule has 0 saturated heterocycles. The topological polar surface area (TPSA) is 27.7 Å². The first-order valence-electron chi connectivity index (χ1n) is 4.42. The molecule has 6 heteroatoms. The molecule has 0 heterocycles. The van der Waals surface area contributed by atoms with Crippen molar-refractivity contribution in [3.05, 3.63) is 12.1 Å². The quantitative estimate of drug-likeness (QED) is 0.298. The molecule has 0 spiro atoms. The van der Waals surface area contributed by atoms with Gasteiger partial charge in [0, 0.05) is 11.1 Å². The smallest absolute Gasteiger partial charge is 0.215 e. The van der Waals surface area contributed by atoms with Crippen LogP contribution in [0.5, 0.6) is 0 Å². The second-order valence-electron chi connectivity index (χ2n) is 2.22. The van der Waals surface area contributed by atoms with Crippen LogP contribution in [0.2, 0.25) is 0 Å². The predicted octanol–water partition coefficient (Wildman–Crippen LogP) is 3.25. The van der Waals surface area contributed by atoms with Gasteiger partial charge in [0.15, 0.2) is 0 Å². The van der Waals surface area contributed by atoms with Crippen molar-refractivity contribution in [1.29, 1.82) is 0 Å².